The lowest BCUT2D eigenvalue weighted by Crippen LogP contribution is -2.31. The first kappa shape index (κ1) is 11.4. The van der Waals surface area contributed by atoms with Crippen molar-refractivity contribution in [3.63, 3.8) is 0 Å². The molecule has 0 aromatic carbocycles. The normalized spacial score (nSPS) is 20.4. The molecule has 3 heteroatoms. The van der Waals surface area contributed by atoms with E-state index in [9.17, 15) is 0 Å². The van der Waals surface area contributed by atoms with Gasteiger partial charge in [0.25, 0.3) is 0 Å². The lowest BCUT2D eigenvalue weighted by Gasteiger charge is -2.26. The average Bonchev–Trinajstić information content (AvgIpc) is 2.75. The van der Waals surface area contributed by atoms with E-state index >= 15 is 0 Å². The van der Waals surface area contributed by atoms with Crippen molar-refractivity contribution in [1.29, 1.82) is 0 Å². The van der Waals surface area contributed by atoms with Crippen LogP contribution in [-0.2, 0) is 0 Å². The quantitative estimate of drug-likeness (QED) is 0.843. The predicted octanol–water partition coefficient (Wildman–Crippen LogP) is 2.10. The van der Waals surface area contributed by atoms with Gasteiger partial charge in [-0.3, -0.25) is 0 Å². The molecule has 1 atom stereocenters. The van der Waals surface area contributed by atoms with Gasteiger partial charge in [-0.25, -0.2) is 4.98 Å². The Morgan fingerprint density at radius 3 is 3.19 bits per heavy atom. The standard InChI is InChI=1S/C13H21N3/c1-11-5-3-9-15-13(11)16-10-4-7-12(16)6-2-8-14/h3,5,9,12H,2,4,6-8,10,14H2,1H3. The molecular weight excluding hydrogens is 198 g/mol. The summed E-state index contributed by atoms with van der Waals surface area (Å²) in [6.45, 7) is 4.08. The Labute approximate surface area is 97.7 Å². The van der Waals surface area contributed by atoms with E-state index in [2.05, 4.69) is 22.9 Å². The smallest absolute Gasteiger partial charge is 0.131 e. The molecule has 1 fully saturated rings. The highest BCUT2D eigenvalue weighted by molar-refractivity contribution is 5.47. The second kappa shape index (κ2) is 5.30. The predicted molar refractivity (Wildman–Crippen MR) is 67.6 cm³/mol. The fourth-order valence-electron chi connectivity index (χ4n) is 2.55. The van der Waals surface area contributed by atoms with Crippen molar-refractivity contribution in [2.75, 3.05) is 18.0 Å². The van der Waals surface area contributed by atoms with Crippen LogP contribution in [0.25, 0.3) is 0 Å². The lowest BCUT2D eigenvalue weighted by atomic mass is 10.1. The van der Waals surface area contributed by atoms with E-state index in [1.54, 1.807) is 0 Å². The van der Waals surface area contributed by atoms with Crippen LogP contribution in [0.5, 0.6) is 0 Å². The van der Waals surface area contributed by atoms with Gasteiger partial charge in [-0.05, 0) is 50.8 Å². The molecular formula is C13H21N3. The minimum absolute atomic E-state index is 0.650. The number of nitrogens with zero attached hydrogens (tertiary/aromatic N) is 2. The van der Waals surface area contributed by atoms with Crippen LogP contribution in [0.15, 0.2) is 18.3 Å². The summed E-state index contributed by atoms with van der Waals surface area (Å²) in [6, 6.07) is 4.79. The molecule has 1 saturated heterocycles. The molecule has 16 heavy (non-hydrogen) atoms. The van der Waals surface area contributed by atoms with Crippen LogP contribution in [0.3, 0.4) is 0 Å². The maximum Gasteiger partial charge on any atom is 0.131 e. The number of nitrogens with two attached hydrogens (primary N) is 1. The Morgan fingerprint density at radius 1 is 1.56 bits per heavy atom. The van der Waals surface area contributed by atoms with Crippen LogP contribution >= 0.6 is 0 Å². The average molecular weight is 219 g/mol. The molecule has 1 aromatic rings. The van der Waals surface area contributed by atoms with Crippen LogP contribution < -0.4 is 10.6 Å². The van der Waals surface area contributed by atoms with E-state index in [0.29, 0.717) is 6.04 Å². The van der Waals surface area contributed by atoms with Crippen molar-refractivity contribution in [1.82, 2.24) is 4.98 Å². The molecule has 88 valence electrons. The first-order valence-corrected chi connectivity index (χ1v) is 6.21. The van der Waals surface area contributed by atoms with Crippen molar-refractivity contribution in [3.05, 3.63) is 23.9 Å². The van der Waals surface area contributed by atoms with Gasteiger partial charge in [0.1, 0.15) is 5.82 Å². The van der Waals surface area contributed by atoms with Gasteiger partial charge < -0.3 is 10.6 Å². The number of aryl methyl sites for hydroxylation is 1. The van der Waals surface area contributed by atoms with E-state index in [0.717, 1.165) is 19.5 Å². The molecule has 0 saturated carbocycles. The van der Waals surface area contributed by atoms with Gasteiger partial charge in [0.05, 0.1) is 0 Å². The van der Waals surface area contributed by atoms with Gasteiger partial charge in [-0.2, -0.15) is 0 Å². The Kier molecular flexibility index (Phi) is 3.78. The highest BCUT2D eigenvalue weighted by Gasteiger charge is 2.25. The first-order valence-electron chi connectivity index (χ1n) is 6.21. The lowest BCUT2D eigenvalue weighted by molar-refractivity contribution is 0.581. The summed E-state index contributed by atoms with van der Waals surface area (Å²) >= 11 is 0. The van der Waals surface area contributed by atoms with Crippen LogP contribution in [0, 0.1) is 6.92 Å². The number of anilines is 1. The van der Waals surface area contributed by atoms with E-state index < -0.39 is 0 Å². The first-order chi connectivity index (χ1) is 7.83. The summed E-state index contributed by atoms with van der Waals surface area (Å²) in [5.74, 6) is 1.17. The Balaban J connectivity index is 2.10. The number of hydrogen-bond acceptors (Lipinski definition) is 3. The SMILES string of the molecule is Cc1cccnc1N1CCCC1CCCN. The minimum atomic E-state index is 0.650. The molecule has 1 aliphatic heterocycles. The fourth-order valence-corrected chi connectivity index (χ4v) is 2.55. The monoisotopic (exact) mass is 219 g/mol. The zero-order chi connectivity index (χ0) is 11.4. The third-order valence-corrected chi connectivity index (χ3v) is 3.37. The van der Waals surface area contributed by atoms with E-state index in [-0.39, 0.29) is 0 Å². The van der Waals surface area contributed by atoms with Crippen molar-refractivity contribution >= 4 is 5.82 Å². The number of rotatable bonds is 4. The molecule has 1 unspecified atom stereocenters. The molecule has 2 N–H and O–H groups in total. The topological polar surface area (TPSA) is 42.2 Å². The van der Waals surface area contributed by atoms with Gasteiger partial charge >= 0.3 is 0 Å². The van der Waals surface area contributed by atoms with Gasteiger partial charge in [-0.15, -0.1) is 0 Å². The third kappa shape index (κ3) is 2.35. The Hall–Kier alpha value is -1.09. The molecule has 0 spiro atoms. The maximum atomic E-state index is 5.59. The second-order valence-electron chi connectivity index (χ2n) is 4.56. The molecule has 0 radical (unpaired) electrons. The molecule has 2 rings (SSSR count). The van der Waals surface area contributed by atoms with Crippen LogP contribution in [0.4, 0.5) is 5.82 Å². The molecule has 0 bridgehead atoms. The summed E-state index contributed by atoms with van der Waals surface area (Å²) in [4.78, 5) is 6.98. The molecule has 1 aliphatic rings. The number of aromatic nitrogens is 1. The van der Waals surface area contributed by atoms with Gasteiger partial charge in [0.2, 0.25) is 0 Å². The van der Waals surface area contributed by atoms with Crippen LogP contribution in [-0.4, -0.2) is 24.1 Å². The summed E-state index contributed by atoms with van der Waals surface area (Å²) in [5.41, 5.74) is 6.87. The van der Waals surface area contributed by atoms with E-state index in [4.69, 9.17) is 5.73 Å². The van der Waals surface area contributed by atoms with Crippen LogP contribution in [0.1, 0.15) is 31.2 Å². The minimum Gasteiger partial charge on any atom is -0.353 e. The van der Waals surface area contributed by atoms with Crippen molar-refractivity contribution in [3.8, 4) is 0 Å². The molecule has 0 amide bonds. The van der Waals surface area contributed by atoms with Gasteiger partial charge in [-0.1, -0.05) is 6.07 Å². The molecule has 2 heterocycles. The van der Waals surface area contributed by atoms with E-state index in [1.807, 2.05) is 12.3 Å². The zero-order valence-corrected chi connectivity index (χ0v) is 10.0. The highest BCUT2D eigenvalue weighted by atomic mass is 15.2. The van der Waals surface area contributed by atoms with Crippen molar-refractivity contribution in [2.45, 2.75) is 38.6 Å². The molecule has 3 nitrogen and oxygen atoms in total. The Bertz CT molecular complexity index is 338. The number of pyridine rings is 1. The van der Waals surface area contributed by atoms with Crippen molar-refractivity contribution < 1.29 is 0 Å². The second-order valence-corrected chi connectivity index (χ2v) is 4.56. The molecule has 0 aliphatic carbocycles. The van der Waals surface area contributed by atoms with Gasteiger partial charge in [0.15, 0.2) is 0 Å². The summed E-state index contributed by atoms with van der Waals surface area (Å²) in [5, 5.41) is 0. The summed E-state index contributed by atoms with van der Waals surface area (Å²) < 4.78 is 0. The van der Waals surface area contributed by atoms with Crippen molar-refractivity contribution in [2.24, 2.45) is 5.73 Å². The van der Waals surface area contributed by atoms with E-state index in [1.165, 1.54) is 30.6 Å². The largest absolute Gasteiger partial charge is 0.353 e. The van der Waals surface area contributed by atoms with Crippen LogP contribution in [0.2, 0.25) is 0 Å². The van der Waals surface area contributed by atoms with Gasteiger partial charge in [0, 0.05) is 18.8 Å². The zero-order valence-electron chi connectivity index (χ0n) is 10.0. The summed E-state index contributed by atoms with van der Waals surface area (Å²) in [6.07, 6.45) is 6.78. The fraction of sp³-hybridized carbons (Fsp3) is 0.615. The summed E-state index contributed by atoms with van der Waals surface area (Å²) in [7, 11) is 0. The third-order valence-electron chi connectivity index (χ3n) is 3.37. The number of hydrogen-bond donors (Lipinski definition) is 1. The maximum absolute atomic E-state index is 5.59. The Morgan fingerprint density at radius 2 is 2.44 bits per heavy atom. The highest BCUT2D eigenvalue weighted by Crippen LogP contribution is 2.28. The molecule has 1 aromatic heterocycles.